The third-order valence-electron chi connectivity index (χ3n) is 6.25. The topological polar surface area (TPSA) is 50.0 Å². The van der Waals surface area contributed by atoms with Crippen molar-refractivity contribution in [2.75, 3.05) is 18.1 Å². The normalized spacial score (nSPS) is 14.8. The van der Waals surface area contributed by atoms with Crippen LogP contribution in [0.2, 0.25) is 5.02 Å². The molecule has 0 bridgehead atoms. The summed E-state index contributed by atoms with van der Waals surface area (Å²) in [4.78, 5) is 24.0. The lowest BCUT2D eigenvalue weighted by Gasteiger charge is -2.29. The van der Waals surface area contributed by atoms with Crippen molar-refractivity contribution in [2.24, 2.45) is 0 Å². The molecule has 0 spiro atoms. The molecule has 2 heterocycles. The van der Waals surface area contributed by atoms with Gasteiger partial charge in [0.2, 0.25) is 5.69 Å². The number of benzene rings is 2. The molecular weight excluding hydrogens is 499 g/mol. The van der Waals surface area contributed by atoms with Crippen molar-refractivity contribution in [2.45, 2.75) is 32.7 Å². The number of carbonyl (C=O) groups excluding carboxylic acids is 1. The first-order chi connectivity index (χ1) is 17.2. The zero-order valence-corrected chi connectivity index (χ0v) is 21.7. The molecule has 0 N–H and O–H groups in total. The van der Waals surface area contributed by atoms with Gasteiger partial charge in [-0.05, 0) is 80.9 Å². The van der Waals surface area contributed by atoms with Crippen LogP contribution in [-0.4, -0.2) is 39.6 Å². The molecule has 0 aliphatic carbocycles. The van der Waals surface area contributed by atoms with Crippen molar-refractivity contribution in [3.8, 4) is 16.9 Å². The van der Waals surface area contributed by atoms with Crippen LogP contribution in [0.3, 0.4) is 0 Å². The maximum absolute atomic E-state index is 14.6. The van der Waals surface area contributed by atoms with Crippen LogP contribution >= 0.6 is 23.8 Å². The van der Waals surface area contributed by atoms with E-state index in [1.165, 1.54) is 11.0 Å². The molecular formula is C27H24ClFN4O2S. The summed E-state index contributed by atoms with van der Waals surface area (Å²) in [6.07, 6.45) is 3.80. The molecule has 3 aromatic rings. The van der Waals surface area contributed by atoms with Crippen LogP contribution in [0.5, 0.6) is 5.75 Å². The van der Waals surface area contributed by atoms with Gasteiger partial charge in [-0.1, -0.05) is 17.7 Å². The number of thiocarbonyl (C=S) groups is 1. The Morgan fingerprint density at radius 1 is 1.19 bits per heavy atom. The Hall–Kier alpha value is -3.54. The number of halogens is 2. The van der Waals surface area contributed by atoms with E-state index in [1.807, 2.05) is 18.7 Å². The van der Waals surface area contributed by atoms with E-state index in [9.17, 15) is 9.18 Å². The summed E-state index contributed by atoms with van der Waals surface area (Å²) in [6.45, 7) is 13.4. The molecule has 9 heteroatoms. The number of rotatable bonds is 7. The summed E-state index contributed by atoms with van der Waals surface area (Å²) in [7, 11) is 0. The molecule has 184 valence electrons. The molecule has 6 nitrogen and oxygen atoms in total. The molecule has 1 aromatic heterocycles. The SMILES string of the molecule is [C-]#[N+]c1ccc(N2C(=O)C(C)(C)N(CCCOc3ccc(-c4ccncc4)c(F)c3)C2=S)c(C)c1Cl. The Kier molecular flexibility index (Phi) is 7.25. The Balaban J connectivity index is 1.42. The summed E-state index contributed by atoms with van der Waals surface area (Å²) in [5.74, 6) is -0.117. The van der Waals surface area contributed by atoms with Gasteiger partial charge in [0.15, 0.2) is 5.11 Å². The Morgan fingerprint density at radius 3 is 2.58 bits per heavy atom. The first-order valence-electron chi connectivity index (χ1n) is 11.3. The summed E-state index contributed by atoms with van der Waals surface area (Å²) >= 11 is 12.0. The second-order valence-corrected chi connectivity index (χ2v) is 9.61. The minimum atomic E-state index is -0.868. The van der Waals surface area contributed by atoms with Crippen molar-refractivity contribution in [3.05, 3.63) is 82.7 Å². The molecule has 36 heavy (non-hydrogen) atoms. The molecule has 0 atom stereocenters. The third kappa shape index (κ3) is 4.64. The average molecular weight is 523 g/mol. The quantitative estimate of drug-likeness (QED) is 0.199. The number of hydrogen-bond acceptors (Lipinski definition) is 4. The van der Waals surface area contributed by atoms with Crippen LogP contribution in [-0.2, 0) is 4.79 Å². The zero-order chi connectivity index (χ0) is 26.0. The van der Waals surface area contributed by atoms with Crippen LogP contribution in [0.15, 0.2) is 54.9 Å². The minimum Gasteiger partial charge on any atom is -0.493 e. The largest absolute Gasteiger partial charge is 0.493 e. The summed E-state index contributed by atoms with van der Waals surface area (Å²) < 4.78 is 20.4. The molecule has 1 saturated heterocycles. The van der Waals surface area contributed by atoms with Gasteiger partial charge in [0.25, 0.3) is 5.91 Å². The Bertz CT molecular complexity index is 1370. The standard InChI is InChI=1S/C27H24ClFN4O2S/c1-17-23(9-8-22(30-4)24(17)28)33-25(34)27(2,3)32(26(33)36)14-5-15-35-19-6-7-20(21(29)16-19)18-10-12-31-13-11-18/h6-13,16H,5,14-15H2,1-3H3. The van der Waals surface area contributed by atoms with Gasteiger partial charge >= 0.3 is 0 Å². The van der Waals surface area contributed by atoms with Crippen LogP contribution in [0.25, 0.3) is 16.0 Å². The molecule has 0 saturated carbocycles. The summed E-state index contributed by atoms with van der Waals surface area (Å²) in [6, 6.07) is 11.6. The van der Waals surface area contributed by atoms with E-state index < -0.39 is 5.54 Å². The highest BCUT2D eigenvalue weighted by atomic mass is 35.5. The number of hydrogen-bond donors (Lipinski definition) is 0. The van der Waals surface area contributed by atoms with Crippen molar-refractivity contribution in [1.29, 1.82) is 0 Å². The lowest BCUT2D eigenvalue weighted by Crippen LogP contribution is -2.44. The molecule has 1 fully saturated rings. The molecule has 0 radical (unpaired) electrons. The highest BCUT2D eigenvalue weighted by Crippen LogP contribution is 2.39. The van der Waals surface area contributed by atoms with Crippen LogP contribution in [0.4, 0.5) is 15.8 Å². The van der Waals surface area contributed by atoms with Gasteiger partial charge in [0.05, 0.1) is 23.9 Å². The second kappa shape index (κ2) is 10.2. The third-order valence-corrected chi connectivity index (χ3v) is 7.13. The van der Waals surface area contributed by atoms with E-state index >= 15 is 0 Å². The van der Waals surface area contributed by atoms with Crippen molar-refractivity contribution in [1.82, 2.24) is 9.88 Å². The van der Waals surface area contributed by atoms with Crippen LogP contribution < -0.4 is 9.64 Å². The van der Waals surface area contributed by atoms with E-state index in [-0.39, 0.29) is 11.7 Å². The molecule has 1 aliphatic rings. The van der Waals surface area contributed by atoms with E-state index in [1.54, 1.807) is 55.7 Å². The summed E-state index contributed by atoms with van der Waals surface area (Å²) in [5, 5.41) is 0.678. The molecule has 1 amide bonds. The smallest absolute Gasteiger partial charge is 0.258 e. The maximum atomic E-state index is 14.6. The van der Waals surface area contributed by atoms with Crippen molar-refractivity contribution in [3.63, 3.8) is 0 Å². The second-order valence-electron chi connectivity index (χ2n) is 8.87. The number of amides is 1. The first-order valence-corrected chi connectivity index (χ1v) is 12.1. The van der Waals surface area contributed by atoms with Crippen LogP contribution in [0, 0.1) is 19.3 Å². The Labute approximate surface area is 220 Å². The first kappa shape index (κ1) is 25.5. The van der Waals surface area contributed by atoms with E-state index in [2.05, 4.69) is 9.83 Å². The predicted octanol–water partition coefficient (Wildman–Crippen LogP) is 6.58. The molecule has 0 unspecified atom stereocenters. The number of aromatic nitrogens is 1. The average Bonchev–Trinajstić information content (AvgIpc) is 3.03. The Morgan fingerprint density at radius 2 is 1.92 bits per heavy atom. The van der Waals surface area contributed by atoms with Crippen molar-refractivity contribution < 1.29 is 13.9 Å². The number of nitrogens with zero attached hydrogens (tertiary/aromatic N) is 4. The van der Waals surface area contributed by atoms with Gasteiger partial charge < -0.3 is 9.64 Å². The molecule has 4 rings (SSSR count). The summed E-state index contributed by atoms with van der Waals surface area (Å²) in [5.41, 5.74) is 1.87. The molecule has 2 aromatic carbocycles. The van der Waals surface area contributed by atoms with Crippen molar-refractivity contribution >= 4 is 46.2 Å². The highest BCUT2D eigenvalue weighted by molar-refractivity contribution is 7.80. The van der Waals surface area contributed by atoms with Crippen LogP contribution in [0.1, 0.15) is 25.8 Å². The number of anilines is 1. The van der Waals surface area contributed by atoms with Gasteiger partial charge in [-0.3, -0.25) is 14.7 Å². The van der Waals surface area contributed by atoms with Gasteiger partial charge in [-0.25, -0.2) is 9.24 Å². The van der Waals surface area contributed by atoms with E-state index in [0.29, 0.717) is 58.0 Å². The fourth-order valence-corrected chi connectivity index (χ4v) is 4.88. The van der Waals surface area contributed by atoms with Gasteiger partial charge in [-0.15, -0.1) is 0 Å². The molecule has 1 aliphatic heterocycles. The monoisotopic (exact) mass is 522 g/mol. The minimum absolute atomic E-state index is 0.170. The number of pyridine rings is 1. The van der Waals surface area contributed by atoms with E-state index in [0.717, 1.165) is 5.56 Å². The highest BCUT2D eigenvalue weighted by Gasteiger charge is 2.49. The fraction of sp³-hybridized carbons (Fsp3) is 0.259. The maximum Gasteiger partial charge on any atom is 0.258 e. The van der Waals surface area contributed by atoms with Gasteiger partial charge in [-0.2, -0.15) is 0 Å². The van der Waals surface area contributed by atoms with E-state index in [4.69, 9.17) is 35.1 Å². The van der Waals surface area contributed by atoms with Gasteiger partial charge in [0, 0.05) is 30.6 Å². The lowest BCUT2D eigenvalue weighted by molar-refractivity contribution is -0.123. The number of carbonyl (C=O) groups is 1. The number of ether oxygens (including phenoxy) is 1. The fourth-order valence-electron chi connectivity index (χ4n) is 4.18. The van der Waals surface area contributed by atoms with Gasteiger partial charge in [0.1, 0.15) is 17.1 Å². The lowest BCUT2D eigenvalue weighted by atomic mass is 10.0. The predicted molar refractivity (Wildman–Crippen MR) is 143 cm³/mol. The zero-order valence-electron chi connectivity index (χ0n) is 20.1.